The molecule has 0 bridgehead atoms. The summed E-state index contributed by atoms with van der Waals surface area (Å²) in [6.45, 7) is 2.71. The van der Waals surface area contributed by atoms with Gasteiger partial charge in [-0.15, -0.1) is 0 Å². The molecule has 3 N–H and O–H groups in total. The molecule has 1 atom stereocenters. The minimum atomic E-state index is -0.00764. The molecule has 30 heavy (non-hydrogen) atoms. The minimum Gasteiger partial charge on any atom is -0.496 e. The van der Waals surface area contributed by atoms with Gasteiger partial charge < -0.3 is 24.8 Å². The molecule has 0 aliphatic carbocycles. The summed E-state index contributed by atoms with van der Waals surface area (Å²) in [4.78, 5) is 8.13. The Morgan fingerprint density at radius 3 is 2.90 bits per heavy atom. The molecule has 10 heteroatoms. The Bertz CT molecular complexity index is 1020. The van der Waals surface area contributed by atoms with E-state index in [0.29, 0.717) is 42.0 Å². The van der Waals surface area contributed by atoms with Gasteiger partial charge in [0.2, 0.25) is 0 Å². The predicted octanol–water partition coefficient (Wildman–Crippen LogP) is 1.86. The summed E-state index contributed by atoms with van der Waals surface area (Å²) in [5.41, 5.74) is 1.72. The van der Waals surface area contributed by atoms with Crippen molar-refractivity contribution in [2.75, 3.05) is 38.7 Å². The van der Waals surface area contributed by atoms with E-state index in [4.69, 9.17) is 19.5 Å². The van der Waals surface area contributed by atoms with Crippen LogP contribution in [0, 0.1) is 11.3 Å². The monoisotopic (exact) mass is 407 g/mol. The predicted molar refractivity (Wildman–Crippen MR) is 109 cm³/mol. The molecule has 1 saturated heterocycles. The molecule has 3 heterocycles. The molecule has 0 amide bonds. The zero-order valence-electron chi connectivity index (χ0n) is 16.4. The second kappa shape index (κ2) is 9.21. The fourth-order valence-corrected chi connectivity index (χ4v) is 3.07. The van der Waals surface area contributed by atoms with Crippen LogP contribution < -0.4 is 20.1 Å². The molecular weight excluding hydrogens is 386 g/mol. The standard InChI is InChI=1S/C20H21N7O3/c1-28-16-3-2-4-17(30-12-14-10-22-5-6-29-14)20(16)15-7-18(27-26-15)25-19-11-23-13(8-21)9-24-19/h2-4,7,9,11,14,22H,5-6,10,12H2,1H3,(H2,24,25,26,27). The highest BCUT2D eigenvalue weighted by molar-refractivity contribution is 5.76. The van der Waals surface area contributed by atoms with Gasteiger partial charge in [0.25, 0.3) is 0 Å². The summed E-state index contributed by atoms with van der Waals surface area (Å²) in [6.07, 6.45) is 2.86. The van der Waals surface area contributed by atoms with Crippen molar-refractivity contribution in [2.24, 2.45) is 0 Å². The minimum absolute atomic E-state index is 0.00764. The number of nitriles is 1. The normalized spacial score (nSPS) is 15.9. The molecule has 3 aromatic rings. The first-order valence-electron chi connectivity index (χ1n) is 9.44. The molecule has 0 saturated carbocycles. The Hall–Kier alpha value is -3.68. The van der Waals surface area contributed by atoms with Gasteiger partial charge >= 0.3 is 0 Å². The fraction of sp³-hybridized carbons (Fsp3) is 0.300. The molecule has 0 spiro atoms. The first-order valence-corrected chi connectivity index (χ1v) is 9.44. The summed E-state index contributed by atoms with van der Waals surface area (Å²) >= 11 is 0. The first-order chi connectivity index (χ1) is 14.8. The number of rotatable bonds is 7. The fourth-order valence-electron chi connectivity index (χ4n) is 3.07. The van der Waals surface area contributed by atoms with E-state index < -0.39 is 0 Å². The molecule has 4 rings (SSSR count). The average molecular weight is 407 g/mol. The maximum absolute atomic E-state index is 8.82. The third-order valence-corrected chi connectivity index (χ3v) is 4.51. The summed E-state index contributed by atoms with van der Waals surface area (Å²) in [6, 6.07) is 9.38. The second-order valence-corrected chi connectivity index (χ2v) is 6.53. The van der Waals surface area contributed by atoms with Crippen LogP contribution in [0.25, 0.3) is 11.3 Å². The van der Waals surface area contributed by atoms with Crippen molar-refractivity contribution in [1.82, 2.24) is 25.5 Å². The molecule has 1 aliphatic rings. The largest absolute Gasteiger partial charge is 0.496 e. The highest BCUT2D eigenvalue weighted by atomic mass is 16.5. The van der Waals surface area contributed by atoms with Crippen molar-refractivity contribution in [2.45, 2.75) is 6.10 Å². The molecule has 1 aromatic carbocycles. The van der Waals surface area contributed by atoms with Crippen molar-refractivity contribution < 1.29 is 14.2 Å². The molecule has 2 aromatic heterocycles. The lowest BCUT2D eigenvalue weighted by Crippen LogP contribution is -2.41. The number of ether oxygens (including phenoxy) is 3. The number of aromatic nitrogens is 4. The molecule has 10 nitrogen and oxygen atoms in total. The quantitative estimate of drug-likeness (QED) is 0.537. The Kier molecular flexibility index (Phi) is 6.03. The lowest BCUT2D eigenvalue weighted by Gasteiger charge is -2.24. The summed E-state index contributed by atoms with van der Waals surface area (Å²) < 4.78 is 17.3. The number of methoxy groups -OCH3 is 1. The van der Waals surface area contributed by atoms with Gasteiger partial charge in [-0.1, -0.05) is 6.07 Å². The van der Waals surface area contributed by atoms with E-state index in [1.165, 1.54) is 12.4 Å². The number of hydrogen-bond acceptors (Lipinski definition) is 9. The third-order valence-electron chi connectivity index (χ3n) is 4.51. The van der Waals surface area contributed by atoms with E-state index >= 15 is 0 Å². The van der Waals surface area contributed by atoms with Gasteiger partial charge in [-0.2, -0.15) is 10.4 Å². The number of benzene rings is 1. The molecule has 1 fully saturated rings. The van der Waals surface area contributed by atoms with Crippen molar-refractivity contribution in [3.8, 4) is 28.8 Å². The van der Waals surface area contributed by atoms with E-state index in [-0.39, 0.29) is 11.8 Å². The van der Waals surface area contributed by atoms with Crippen LogP contribution in [-0.4, -0.2) is 59.7 Å². The van der Waals surface area contributed by atoms with Crippen LogP contribution in [-0.2, 0) is 4.74 Å². The van der Waals surface area contributed by atoms with Crippen LogP contribution in [0.4, 0.5) is 11.6 Å². The van der Waals surface area contributed by atoms with Gasteiger partial charge in [-0.25, -0.2) is 9.97 Å². The lowest BCUT2D eigenvalue weighted by atomic mass is 10.1. The molecule has 1 unspecified atom stereocenters. The van der Waals surface area contributed by atoms with E-state index in [0.717, 1.165) is 18.7 Å². The summed E-state index contributed by atoms with van der Waals surface area (Å²) in [5, 5.41) is 22.4. The number of H-pyrrole nitrogens is 1. The third kappa shape index (κ3) is 4.48. The lowest BCUT2D eigenvalue weighted by molar-refractivity contribution is 0.000280. The number of aromatic amines is 1. The number of nitrogens with one attached hydrogen (secondary N) is 3. The van der Waals surface area contributed by atoms with Gasteiger partial charge in [0.1, 0.15) is 36.1 Å². The number of nitrogens with zero attached hydrogens (tertiary/aromatic N) is 4. The average Bonchev–Trinajstić information content (AvgIpc) is 3.26. The topological polar surface area (TPSA) is 130 Å². The first kappa shape index (κ1) is 19.6. The van der Waals surface area contributed by atoms with Gasteiger partial charge in [-0.05, 0) is 12.1 Å². The van der Waals surface area contributed by atoms with Crippen molar-refractivity contribution >= 4 is 11.6 Å². The maximum atomic E-state index is 8.82. The summed E-state index contributed by atoms with van der Waals surface area (Å²) in [7, 11) is 1.61. The van der Waals surface area contributed by atoms with Gasteiger partial charge in [0, 0.05) is 19.2 Å². The zero-order chi connectivity index (χ0) is 20.8. The number of hydrogen-bond donors (Lipinski definition) is 3. The van der Waals surface area contributed by atoms with E-state index in [1.807, 2.05) is 30.3 Å². The van der Waals surface area contributed by atoms with E-state index in [1.54, 1.807) is 7.11 Å². The summed E-state index contributed by atoms with van der Waals surface area (Å²) in [5.74, 6) is 2.34. The molecule has 154 valence electrons. The second-order valence-electron chi connectivity index (χ2n) is 6.53. The molecule has 0 radical (unpaired) electrons. The van der Waals surface area contributed by atoms with Crippen molar-refractivity contribution in [1.29, 1.82) is 5.26 Å². The molecule has 1 aliphatic heterocycles. The van der Waals surface area contributed by atoms with Gasteiger partial charge in [-0.3, -0.25) is 5.10 Å². The Balaban J connectivity index is 1.54. The highest BCUT2D eigenvalue weighted by Crippen LogP contribution is 2.38. The smallest absolute Gasteiger partial charge is 0.158 e. The van der Waals surface area contributed by atoms with Crippen LogP contribution >= 0.6 is 0 Å². The Morgan fingerprint density at radius 2 is 2.17 bits per heavy atom. The molecular formula is C20H21N7O3. The maximum Gasteiger partial charge on any atom is 0.158 e. The van der Waals surface area contributed by atoms with Crippen LogP contribution in [0.15, 0.2) is 36.7 Å². The van der Waals surface area contributed by atoms with Crippen LogP contribution in [0.2, 0.25) is 0 Å². The van der Waals surface area contributed by atoms with Crippen LogP contribution in [0.3, 0.4) is 0 Å². The van der Waals surface area contributed by atoms with Crippen molar-refractivity contribution in [3.63, 3.8) is 0 Å². The SMILES string of the molecule is COc1cccc(OCC2CNCCO2)c1-c1cc(Nc2cnc(C#N)cn2)n[nH]1. The van der Waals surface area contributed by atoms with Crippen LogP contribution in [0.1, 0.15) is 5.69 Å². The Morgan fingerprint density at radius 1 is 1.27 bits per heavy atom. The van der Waals surface area contributed by atoms with E-state index in [2.05, 4.69) is 30.8 Å². The zero-order valence-corrected chi connectivity index (χ0v) is 16.4. The van der Waals surface area contributed by atoms with Gasteiger partial charge in [0.05, 0.1) is 37.4 Å². The number of morpholine rings is 1. The highest BCUT2D eigenvalue weighted by Gasteiger charge is 2.19. The van der Waals surface area contributed by atoms with Crippen molar-refractivity contribution in [3.05, 3.63) is 42.4 Å². The Labute approximate surface area is 173 Å². The van der Waals surface area contributed by atoms with Crippen LogP contribution in [0.5, 0.6) is 11.5 Å². The number of anilines is 2. The van der Waals surface area contributed by atoms with E-state index in [9.17, 15) is 0 Å². The van der Waals surface area contributed by atoms with Gasteiger partial charge in [0.15, 0.2) is 11.5 Å².